The van der Waals surface area contributed by atoms with Crippen LogP contribution in [0.4, 0.5) is 0 Å². The number of hydrogen-bond acceptors (Lipinski definition) is 5. The summed E-state index contributed by atoms with van der Waals surface area (Å²) in [6.07, 6.45) is 2.26. The van der Waals surface area contributed by atoms with Gasteiger partial charge in [0.15, 0.2) is 5.75 Å². The summed E-state index contributed by atoms with van der Waals surface area (Å²) in [6, 6.07) is 5.42. The Morgan fingerprint density at radius 1 is 1.32 bits per heavy atom. The minimum Gasteiger partial charge on any atom is -0.422 e. The standard InChI is InChI=1S/C13H15N5O/c1-3-9-11(5-4-8(2)17-9)19-13-16-7-6-10(18-13)12(14)15/h4-7H,3H2,1-2H3,(H3,14,15). The monoisotopic (exact) mass is 257 g/mol. The summed E-state index contributed by atoms with van der Waals surface area (Å²) in [5.41, 5.74) is 7.49. The second-order valence-electron chi connectivity index (χ2n) is 3.99. The lowest BCUT2D eigenvalue weighted by Gasteiger charge is -2.09. The van der Waals surface area contributed by atoms with Crippen molar-refractivity contribution in [3.8, 4) is 11.8 Å². The fourth-order valence-corrected chi connectivity index (χ4v) is 1.58. The third kappa shape index (κ3) is 3.04. The molecule has 0 saturated heterocycles. The molecule has 6 heteroatoms. The topological polar surface area (TPSA) is 97.8 Å². The fraction of sp³-hybridized carbons (Fsp3) is 0.231. The minimum absolute atomic E-state index is 0.120. The van der Waals surface area contributed by atoms with Crippen LogP contribution in [0.5, 0.6) is 11.8 Å². The van der Waals surface area contributed by atoms with Crippen LogP contribution in [0.25, 0.3) is 0 Å². The van der Waals surface area contributed by atoms with Crippen LogP contribution in [0.15, 0.2) is 24.4 Å². The van der Waals surface area contributed by atoms with Crippen LogP contribution in [-0.2, 0) is 6.42 Å². The molecule has 2 heterocycles. The van der Waals surface area contributed by atoms with Gasteiger partial charge in [0.25, 0.3) is 0 Å². The normalized spacial score (nSPS) is 10.2. The lowest BCUT2D eigenvalue weighted by atomic mass is 10.2. The Morgan fingerprint density at radius 2 is 2.11 bits per heavy atom. The molecule has 98 valence electrons. The van der Waals surface area contributed by atoms with Crippen molar-refractivity contribution in [1.29, 1.82) is 5.41 Å². The Hall–Kier alpha value is -2.50. The van der Waals surface area contributed by atoms with E-state index in [1.165, 1.54) is 6.20 Å². The molecule has 0 spiro atoms. The van der Waals surface area contributed by atoms with Gasteiger partial charge in [-0.15, -0.1) is 0 Å². The number of aryl methyl sites for hydroxylation is 2. The Kier molecular flexibility index (Phi) is 3.70. The van der Waals surface area contributed by atoms with Gasteiger partial charge in [0.2, 0.25) is 0 Å². The van der Waals surface area contributed by atoms with Crippen molar-refractivity contribution in [2.24, 2.45) is 5.73 Å². The molecule has 0 radical (unpaired) electrons. The van der Waals surface area contributed by atoms with Gasteiger partial charge in [-0.3, -0.25) is 10.4 Å². The molecule has 0 fully saturated rings. The van der Waals surface area contributed by atoms with Crippen molar-refractivity contribution in [1.82, 2.24) is 15.0 Å². The second kappa shape index (κ2) is 5.43. The first-order valence-electron chi connectivity index (χ1n) is 5.92. The summed E-state index contributed by atoms with van der Waals surface area (Å²) in [5, 5.41) is 7.34. The van der Waals surface area contributed by atoms with Crippen molar-refractivity contribution in [3.63, 3.8) is 0 Å². The van der Waals surface area contributed by atoms with Crippen molar-refractivity contribution in [2.45, 2.75) is 20.3 Å². The van der Waals surface area contributed by atoms with E-state index in [0.29, 0.717) is 11.4 Å². The second-order valence-corrected chi connectivity index (χ2v) is 3.99. The molecule has 0 aliphatic heterocycles. The summed E-state index contributed by atoms with van der Waals surface area (Å²) in [5.74, 6) is 0.499. The Balaban J connectivity index is 2.30. The summed E-state index contributed by atoms with van der Waals surface area (Å²) >= 11 is 0. The number of nitrogens with zero attached hydrogens (tertiary/aromatic N) is 3. The summed E-state index contributed by atoms with van der Waals surface area (Å²) in [6.45, 7) is 3.93. The maximum absolute atomic E-state index is 7.34. The van der Waals surface area contributed by atoms with E-state index in [-0.39, 0.29) is 11.8 Å². The SMILES string of the molecule is CCc1nc(C)ccc1Oc1nccc(C(=N)N)n1. The van der Waals surface area contributed by atoms with E-state index >= 15 is 0 Å². The molecule has 3 N–H and O–H groups in total. The molecular formula is C13H15N5O. The molecule has 0 bridgehead atoms. The van der Waals surface area contributed by atoms with Crippen molar-refractivity contribution < 1.29 is 4.74 Å². The van der Waals surface area contributed by atoms with Gasteiger partial charge >= 0.3 is 6.01 Å². The Bertz CT molecular complexity index is 612. The van der Waals surface area contributed by atoms with E-state index in [4.69, 9.17) is 15.9 Å². The van der Waals surface area contributed by atoms with E-state index in [0.717, 1.165) is 17.8 Å². The number of hydrogen-bond donors (Lipinski definition) is 2. The largest absolute Gasteiger partial charge is 0.422 e. The molecule has 0 aromatic carbocycles. The van der Waals surface area contributed by atoms with Crippen LogP contribution in [0.1, 0.15) is 24.0 Å². The predicted octanol–water partition coefficient (Wildman–Crippen LogP) is 1.82. The van der Waals surface area contributed by atoms with Gasteiger partial charge in [-0.05, 0) is 31.5 Å². The van der Waals surface area contributed by atoms with Crippen LogP contribution in [0, 0.1) is 12.3 Å². The lowest BCUT2D eigenvalue weighted by Crippen LogP contribution is -2.13. The Labute approximate surface area is 111 Å². The molecule has 6 nitrogen and oxygen atoms in total. The number of aromatic nitrogens is 3. The number of nitrogens with two attached hydrogens (primary N) is 1. The Morgan fingerprint density at radius 3 is 2.79 bits per heavy atom. The van der Waals surface area contributed by atoms with E-state index in [1.807, 2.05) is 26.0 Å². The summed E-state index contributed by atoms with van der Waals surface area (Å²) in [7, 11) is 0. The van der Waals surface area contributed by atoms with Crippen LogP contribution in [0.2, 0.25) is 0 Å². The van der Waals surface area contributed by atoms with Gasteiger partial charge < -0.3 is 10.5 Å². The smallest absolute Gasteiger partial charge is 0.322 e. The highest BCUT2D eigenvalue weighted by molar-refractivity contribution is 5.92. The highest BCUT2D eigenvalue weighted by Crippen LogP contribution is 2.22. The maximum Gasteiger partial charge on any atom is 0.322 e. The maximum atomic E-state index is 7.34. The van der Waals surface area contributed by atoms with Crippen LogP contribution in [-0.4, -0.2) is 20.8 Å². The highest BCUT2D eigenvalue weighted by atomic mass is 16.5. The fourth-order valence-electron chi connectivity index (χ4n) is 1.58. The van der Waals surface area contributed by atoms with Crippen LogP contribution in [0.3, 0.4) is 0 Å². The number of nitrogens with one attached hydrogen (secondary N) is 1. The predicted molar refractivity (Wildman–Crippen MR) is 71.5 cm³/mol. The van der Waals surface area contributed by atoms with Crippen LogP contribution < -0.4 is 10.5 Å². The molecule has 0 aliphatic carbocycles. The number of ether oxygens (including phenoxy) is 1. The summed E-state index contributed by atoms with van der Waals surface area (Å²) in [4.78, 5) is 12.5. The van der Waals surface area contributed by atoms with Gasteiger partial charge in [0.05, 0.1) is 5.69 Å². The highest BCUT2D eigenvalue weighted by Gasteiger charge is 2.08. The first-order chi connectivity index (χ1) is 9.10. The van der Waals surface area contributed by atoms with Gasteiger partial charge in [0, 0.05) is 11.9 Å². The number of pyridine rings is 1. The molecule has 0 saturated carbocycles. The van der Waals surface area contributed by atoms with E-state index in [2.05, 4.69) is 15.0 Å². The van der Waals surface area contributed by atoms with Crippen molar-refractivity contribution in [3.05, 3.63) is 41.5 Å². The number of amidine groups is 1. The molecule has 0 unspecified atom stereocenters. The molecule has 19 heavy (non-hydrogen) atoms. The van der Waals surface area contributed by atoms with Gasteiger partial charge in [-0.1, -0.05) is 6.92 Å². The third-order valence-corrected chi connectivity index (χ3v) is 2.52. The molecule has 0 amide bonds. The van der Waals surface area contributed by atoms with Crippen LogP contribution >= 0.6 is 0 Å². The third-order valence-electron chi connectivity index (χ3n) is 2.52. The molecule has 0 aliphatic rings. The van der Waals surface area contributed by atoms with E-state index in [9.17, 15) is 0 Å². The zero-order valence-electron chi connectivity index (χ0n) is 10.8. The number of nitrogen functional groups attached to an aromatic ring is 1. The van der Waals surface area contributed by atoms with E-state index < -0.39 is 0 Å². The molecular weight excluding hydrogens is 242 g/mol. The van der Waals surface area contributed by atoms with E-state index in [1.54, 1.807) is 6.07 Å². The van der Waals surface area contributed by atoms with Crippen molar-refractivity contribution >= 4 is 5.84 Å². The zero-order chi connectivity index (χ0) is 13.8. The molecule has 2 rings (SSSR count). The van der Waals surface area contributed by atoms with Gasteiger partial charge in [-0.2, -0.15) is 4.98 Å². The number of rotatable bonds is 4. The lowest BCUT2D eigenvalue weighted by molar-refractivity contribution is 0.433. The zero-order valence-corrected chi connectivity index (χ0v) is 10.8. The van der Waals surface area contributed by atoms with Gasteiger partial charge in [-0.25, -0.2) is 4.98 Å². The minimum atomic E-state index is -0.120. The average Bonchev–Trinajstić information content (AvgIpc) is 2.41. The summed E-state index contributed by atoms with van der Waals surface area (Å²) < 4.78 is 5.61. The molecule has 2 aromatic heterocycles. The van der Waals surface area contributed by atoms with Crippen molar-refractivity contribution in [2.75, 3.05) is 0 Å². The first kappa shape index (κ1) is 12.9. The quantitative estimate of drug-likeness (QED) is 0.643. The molecule has 0 atom stereocenters. The van der Waals surface area contributed by atoms with Gasteiger partial charge in [0.1, 0.15) is 11.5 Å². The first-order valence-corrected chi connectivity index (χ1v) is 5.92. The average molecular weight is 257 g/mol. The molecule has 2 aromatic rings.